The highest BCUT2D eigenvalue weighted by atomic mass is 19.3. The summed E-state index contributed by atoms with van der Waals surface area (Å²) >= 11 is 0. The molecule has 166 valence electrons. The Morgan fingerprint density at radius 2 is 1.83 bits per heavy atom. The van der Waals surface area contributed by atoms with Gasteiger partial charge in [-0.05, 0) is 75.8 Å². The molecule has 30 heavy (non-hydrogen) atoms. The molecule has 1 saturated carbocycles. The van der Waals surface area contributed by atoms with E-state index in [4.69, 9.17) is 4.74 Å². The third kappa shape index (κ3) is 5.02. The van der Waals surface area contributed by atoms with Crippen LogP contribution in [0.1, 0.15) is 65.2 Å². The van der Waals surface area contributed by atoms with Gasteiger partial charge in [-0.3, -0.25) is 4.79 Å². The Morgan fingerprint density at radius 1 is 1.17 bits per heavy atom. The first-order chi connectivity index (χ1) is 14.2. The minimum atomic E-state index is -2.87. The maximum Gasteiger partial charge on any atom is 0.269 e. The molecule has 2 fully saturated rings. The maximum absolute atomic E-state index is 13.5. The number of hydrogen-bond donors (Lipinski definition) is 1. The van der Waals surface area contributed by atoms with Crippen LogP contribution in [0.25, 0.3) is 0 Å². The van der Waals surface area contributed by atoms with Crippen LogP contribution in [0, 0.1) is 5.41 Å². The summed E-state index contributed by atoms with van der Waals surface area (Å²) in [4.78, 5) is 15.0. The Balaban J connectivity index is 1.57. The highest BCUT2D eigenvalue weighted by molar-refractivity contribution is 6.00. The predicted molar refractivity (Wildman–Crippen MR) is 114 cm³/mol. The summed E-state index contributed by atoms with van der Waals surface area (Å²) in [5.41, 5.74) is -0.165. The number of nitrogens with zero attached hydrogens (tertiary/aromatic N) is 1. The van der Waals surface area contributed by atoms with Crippen LogP contribution >= 0.6 is 0 Å². The smallest absolute Gasteiger partial charge is 0.269 e. The number of hydrogen-bond acceptors (Lipinski definition) is 3. The van der Waals surface area contributed by atoms with Gasteiger partial charge in [-0.1, -0.05) is 19.4 Å². The molecule has 1 aliphatic carbocycles. The molecule has 1 spiro atoms. The normalized spacial score (nSPS) is 27.4. The van der Waals surface area contributed by atoms with Crippen molar-refractivity contribution >= 4 is 11.6 Å². The lowest BCUT2D eigenvalue weighted by atomic mass is 9.67. The molecule has 2 aliphatic rings. The summed E-state index contributed by atoms with van der Waals surface area (Å²) in [6.07, 6.45) is 7.24. The van der Waals surface area contributed by atoms with Crippen LogP contribution in [0.3, 0.4) is 0 Å². The number of halogens is 2. The van der Waals surface area contributed by atoms with Crippen molar-refractivity contribution in [2.75, 3.05) is 18.1 Å². The van der Waals surface area contributed by atoms with Crippen LogP contribution in [0.4, 0.5) is 14.5 Å². The fourth-order valence-electron chi connectivity index (χ4n) is 4.79. The fourth-order valence-corrected chi connectivity index (χ4v) is 4.79. The first-order valence-electron chi connectivity index (χ1n) is 11.0. The number of allylic oxidation sites excluding steroid dienone is 2. The zero-order valence-corrected chi connectivity index (χ0v) is 18.0. The van der Waals surface area contributed by atoms with E-state index in [1.165, 1.54) is 6.08 Å². The molecule has 1 aromatic rings. The van der Waals surface area contributed by atoms with Gasteiger partial charge in [0.15, 0.2) is 0 Å². The summed E-state index contributed by atoms with van der Waals surface area (Å²) < 4.78 is 32.4. The third-order valence-electron chi connectivity index (χ3n) is 6.63. The van der Waals surface area contributed by atoms with Crippen LogP contribution in [-0.4, -0.2) is 35.7 Å². The number of benzene rings is 1. The Bertz CT molecular complexity index is 752. The highest BCUT2D eigenvalue weighted by Gasteiger charge is 2.51. The van der Waals surface area contributed by atoms with Crippen LogP contribution in [-0.2, 0) is 4.79 Å². The molecular weight excluding hydrogens is 388 g/mol. The second-order valence-corrected chi connectivity index (χ2v) is 8.81. The van der Waals surface area contributed by atoms with E-state index >= 15 is 0 Å². The van der Waals surface area contributed by atoms with Crippen molar-refractivity contribution in [3.05, 3.63) is 36.4 Å². The van der Waals surface area contributed by atoms with E-state index < -0.39 is 11.5 Å². The lowest BCUT2D eigenvalue weighted by molar-refractivity contribution is -0.130. The standard InChI is InChI=1S/C24H33F2NO3/c1-3-9-23(29)13-11-22(12-14-23)15-17-27(21(22)28)19-5-7-20(8-6-19)30-18-16-24(25,26)10-4-2/h4-8,10,29H,3,9,11-18H2,1-2H3. The minimum Gasteiger partial charge on any atom is -0.493 e. The van der Waals surface area contributed by atoms with Crippen molar-refractivity contribution in [2.45, 2.75) is 76.7 Å². The quantitative estimate of drug-likeness (QED) is 0.564. The van der Waals surface area contributed by atoms with Gasteiger partial charge in [0.25, 0.3) is 5.92 Å². The van der Waals surface area contributed by atoms with Gasteiger partial charge in [0.05, 0.1) is 17.6 Å². The van der Waals surface area contributed by atoms with Gasteiger partial charge in [0.1, 0.15) is 5.75 Å². The number of amides is 1. The molecule has 4 nitrogen and oxygen atoms in total. The van der Waals surface area contributed by atoms with Crippen molar-refractivity contribution in [1.82, 2.24) is 0 Å². The Morgan fingerprint density at radius 3 is 2.43 bits per heavy atom. The van der Waals surface area contributed by atoms with Crippen molar-refractivity contribution in [3.8, 4) is 5.75 Å². The van der Waals surface area contributed by atoms with E-state index in [2.05, 4.69) is 6.92 Å². The lowest BCUT2D eigenvalue weighted by Gasteiger charge is -2.41. The van der Waals surface area contributed by atoms with Crippen molar-refractivity contribution < 1.29 is 23.4 Å². The number of aliphatic hydroxyl groups is 1. The summed E-state index contributed by atoms with van der Waals surface area (Å²) in [6.45, 7) is 4.23. The molecule has 0 bridgehead atoms. The minimum absolute atomic E-state index is 0.0802. The van der Waals surface area contributed by atoms with Gasteiger partial charge >= 0.3 is 0 Å². The van der Waals surface area contributed by atoms with Crippen LogP contribution < -0.4 is 9.64 Å². The van der Waals surface area contributed by atoms with Crippen molar-refractivity contribution in [3.63, 3.8) is 0 Å². The van der Waals surface area contributed by atoms with Gasteiger partial charge < -0.3 is 14.7 Å². The Hall–Kier alpha value is -1.95. The molecule has 1 N–H and O–H groups in total. The average molecular weight is 422 g/mol. The number of anilines is 1. The van der Waals surface area contributed by atoms with E-state index in [0.717, 1.165) is 43.9 Å². The number of carbonyl (C=O) groups is 1. The van der Waals surface area contributed by atoms with Gasteiger partial charge in [-0.2, -0.15) is 0 Å². The summed E-state index contributed by atoms with van der Waals surface area (Å²) in [5.74, 6) is -2.21. The molecule has 6 heteroatoms. The van der Waals surface area contributed by atoms with E-state index in [0.29, 0.717) is 25.1 Å². The van der Waals surface area contributed by atoms with Crippen molar-refractivity contribution in [2.24, 2.45) is 5.41 Å². The number of alkyl halides is 2. The molecule has 1 aromatic carbocycles. The topological polar surface area (TPSA) is 49.8 Å². The molecule has 1 heterocycles. The zero-order chi connectivity index (χ0) is 21.8. The van der Waals surface area contributed by atoms with Crippen LogP contribution in [0.5, 0.6) is 5.75 Å². The number of rotatable bonds is 8. The molecule has 0 atom stereocenters. The maximum atomic E-state index is 13.5. The summed E-state index contributed by atoms with van der Waals surface area (Å²) in [7, 11) is 0. The fraction of sp³-hybridized carbons (Fsp3) is 0.625. The molecule has 0 unspecified atom stereocenters. The molecule has 0 aromatic heterocycles. The van der Waals surface area contributed by atoms with Gasteiger partial charge in [-0.25, -0.2) is 8.78 Å². The first kappa shape index (κ1) is 22.7. The first-order valence-corrected chi connectivity index (χ1v) is 11.0. The molecular formula is C24H33F2NO3. The summed E-state index contributed by atoms with van der Waals surface area (Å²) in [5, 5.41) is 10.7. The number of carbonyl (C=O) groups excluding carboxylic acids is 1. The predicted octanol–water partition coefficient (Wildman–Crippen LogP) is 5.50. The Kier molecular flexibility index (Phi) is 6.85. The number of ether oxygens (including phenoxy) is 1. The van der Waals surface area contributed by atoms with Crippen LogP contribution in [0.2, 0.25) is 0 Å². The molecule has 1 aliphatic heterocycles. The van der Waals surface area contributed by atoms with Gasteiger partial charge in [0, 0.05) is 18.7 Å². The van der Waals surface area contributed by atoms with Crippen molar-refractivity contribution in [1.29, 1.82) is 0 Å². The second-order valence-electron chi connectivity index (χ2n) is 8.81. The lowest BCUT2D eigenvalue weighted by Crippen LogP contribution is -2.43. The summed E-state index contributed by atoms with van der Waals surface area (Å²) in [6, 6.07) is 7.07. The average Bonchev–Trinajstić information content (AvgIpc) is 3.02. The largest absolute Gasteiger partial charge is 0.493 e. The molecule has 1 amide bonds. The van der Waals surface area contributed by atoms with Crippen LogP contribution in [0.15, 0.2) is 36.4 Å². The van der Waals surface area contributed by atoms with Gasteiger partial charge in [0.2, 0.25) is 5.91 Å². The second kappa shape index (κ2) is 9.04. The van der Waals surface area contributed by atoms with Gasteiger partial charge in [-0.15, -0.1) is 0 Å². The molecule has 0 radical (unpaired) electrons. The SMILES string of the molecule is CC=CC(F)(F)CCOc1ccc(N2CCC3(CCC(O)(CCC)CC3)C2=O)cc1. The van der Waals surface area contributed by atoms with E-state index in [9.17, 15) is 18.7 Å². The molecule has 3 rings (SSSR count). The Labute approximate surface area is 177 Å². The molecule has 1 saturated heterocycles. The van der Waals surface area contributed by atoms with E-state index in [1.807, 2.05) is 17.0 Å². The monoisotopic (exact) mass is 421 g/mol. The third-order valence-corrected chi connectivity index (χ3v) is 6.63. The highest BCUT2D eigenvalue weighted by Crippen LogP contribution is 2.49. The zero-order valence-electron chi connectivity index (χ0n) is 18.0. The van der Waals surface area contributed by atoms with E-state index in [-0.39, 0.29) is 24.3 Å². The van der Waals surface area contributed by atoms with E-state index in [1.54, 1.807) is 19.1 Å².